The second kappa shape index (κ2) is 13.1. The number of hydrogen-bond donors (Lipinski definition) is 3. The second-order valence-corrected chi connectivity index (χ2v) is 10.1. The van der Waals surface area contributed by atoms with Gasteiger partial charge in [0.2, 0.25) is 5.91 Å². The third kappa shape index (κ3) is 7.15. The number of nitrogens with zero attached hydrogens (tertiary/aromatic N) is 1. The van der Waals surface area contributed by atoms with Crippen LogP contribution < -0.4 is 30.2 Å². The molecule has 38 heavy (non-hydrogen) atoms. The molecule has 3 aromatic carbocycles. The van der Waals surface area contributed by atoms with Crippen LogP contribution in [-0.2, 0) is 4.79 Å². The number of anilines is 3. The van der Waals surface area contributed by atoms with Crippen LogP contribution in [-0.4, -0.2) is 43.1 Å². The van der Waals surface area contributed by atoms with E-state index in [0.717, 1.165) is 27.5 Å². The molecule has 196 valence electrons. The number of rotatable bonds is 10. The highest BCUT2D eigenvalue weighted by Gasteiger charge is 2.12. The van der Waals surface area contributed by atoms with Crippen LogP contribution in [0, 0.1) is 0 Å². The van der Waals surface area contributed by atoms with Crippen molar-refractivity contribution in [3.8, 4) is 28.5 Å². The predicted molar refractivity (Wildman–Crippen MR) is 159 cm³/mol. The maximum absolute atomic E-state index is 12.6. The first-order valence-corrected chi connectivity index (χ1v) is 13.7. The number of thiazole rings is 1. The number of carbonyl (C=O) groups is 1. The summed E-state index contributed by atoms with van der Waals surface area (Å²) in [5, 5.41) is 12.0. The molecule has 0 atom stereocenters. The van der Waals surface area contributed by atoms with Crippen LogP contribution in [0.5, 0.6) is 17.2 Å². The van der Waals surface area contributed by atoms with Crippen molar-refractivity contribution >= 4 is 62.8 Å². The highest BCUT2D eigenvalue weighted by molar-refractivity contribution is 8.00. The van der Waals surface area contributed by atoms with Crippen LogP contribution in [0.1, 0.15) is 0 Å². The van der Waals surface area contributed by atoms with Gasteiger partial charge in [0.1, 0.15) is 5.75 Å². The number of amides is 1. The molecule has 0 bridgehead atoms. The number of para-hydroxylation sites is 2. The van der Waals surface area contributed by atoms with Crippen LogP contribution in [0.3, 0.4) is 0 Å². The number of carbonyl (C=O) groups excluding carboxylic acids is 1. The number of methoxy groups -OCH3 is 3. The van der Waals surface area contributed by atoms with Gasteiger partial charge in [-0.3, -0.25) is 4.79 Å². The standard InChI is InChI=1S/C27H26N4O4S3/c1-33-22-10-5-4-9-20(22)29-26(36)28-18-7-6-8-19(14-18)37-16-25(32)31-27-30-21(15-38-27)17-11-12-23(34-2)24(13-17)35-3/h4-15H,16H2,1-3H3,(H2,28,29,36)(H,30,31,32). The van der Waals surface area contributed by atoms with E-state index in [9.17, 15) is 4.79 Å². The van der Waals surface area contributed by atoms with Gasteiger partial charge in [-0.2, -0.15) is 0 Å². The van der Waals surface area contributed by atoms with Crippen LogP contribution in [0.25, 0.3) is 11.3 Å². The first kappa shape index (κ1) is 27.2. The van der Waals surface area contributed by atoms with E-state index in [4.69, 9.17) is 26.4 Å². The van der Waals surface area contributed by atoms with Crippen LogP contribution in [0.15, 0.2) is 77.0 Å². The Morgan fingerprint density at radius 2 is 1.68 bits per heavy atom. The topological polar surface area (TPSA) is 93.7 Å². The van der Waals surface area contributed by atoms with Gasteiger partial charge in [-0.05, 0) is 60.7 Å². The van der Waals surface area contributed by atoms with E-state index < -0.39 is 0 Å². The Labute approximate surface area is 234 Å². The molecule has 4 rings (SSSR count). The average molecular weight is 567 g/mol. The van der Waals surface area contributed by atoms with Crippen LogP contribution in [0.4, 0.5) is 16.5 Å². The highest BCUT2D eigenvalue weighted by atomic mass is 32.2. The molecule has 0 unspecified atom stereocenters. The molecule has 0 fully saturated rings. The summed E-state index contributed by atoms with van der Waals surface area (Å²) in [7, 11) is 4.79. The molecule has 1 aromatic heterocycles. The Morgan fingerprint density at radius 1 is 0.895 bits per heavy atom. The molecule has 0 aliphatic rings. The number of aromatic nitrogens is 1. The molecule has 1 heterocycles. The molecule has 1 amide bonds. The molecular weight excluding hydrogens is 541 g/mol. The van der Waals surface area contributed by atoms with Crippen molar-refractivity contribution in [1.29, 1.82) is 0 Å². The minimum Gasteiger partial charge on any atom is -0.495 e. The fourth-order valence-electron chi connectivity index (χ4n) is 3.46. The lowest BCUT2D eigenvalue weighted by Crippen LogP contribution is -2.19. The van der Waals surface area contributed by atoms with Crippen molar-refractivity contribution in [1.82, 2.24) is 4.98 Å². The van der Waals surface area contributed by atoms with Crippen molar-refractivity contribution < 1.29 is 19.0 Å². The lowest BCUT2D eigenvalue weighted by Gasteiger charge is -2.13. The van der Waals surface area contributed by atoms with E-state index in [0.29, 0.717) is 27.5 Å². The zero-order valence-electron chi connectivity index (χ0n) is 20.9. The molecule has 8 nitrogen and oxygen atoms in total. The molecule has 0 aliphatic carbocycles. The van der Waals surface area contributed by atoms with Gasteiger partial charge >= 0.3 is 0 Å². The summed E-state index contributed by atoms with van der Waals surface area (Å²) in [6.07, 6.45) is 0. The monoisotopic (exact) mass is 566 g/mol. The number of nitrogens with one attached hydrogen (secondary N) is 3. The minimum atomic E-state index is -0.144. The second-order valence-electron chi connectivity index (χ2n) is 7.75. The van der Waals surface area contributed by atoms with E-state index >= 15 is 0 Å². The molecule has 0 saturated heterocycles. The van der Waals surface area contributed by atoms with Crippen LogP contribution >= 0.6 is 35.3 Å². The van der Waals surface area contributed by atoms with E-state index in [1.807, 2.05) is 72.1 Å². The Bertz CT molecular complexity index is 1430. The molecule has 0 radical (unpaired) electrons. The Hall–Kier alpha value is -3.80. The Morgan fingerprint density at radius 3 is 2.47 bits per heavy atom. The van der Waals surface area contributed by atoms with Gasteiger partial charge in [0.05, 0.1) is 38.5 Å². The van der Waals surface area contributed by atoms with Gasteiger partial charge in [0.15, 0.2) is 21.7 Å². The smallest absolute Gasteiger partial charge is 0.236 e. The fourth-order valence-corrected chi connectivity index (χ4v) is 5.18. The molecule has 4 aromatic rings. The van der Waals surface area contributed by atoms with Gasteiger partial charge in [0.25, 0.3) is 0 Å². The van der Waals surface area contributed by atoms with Gasteiger partial charge in [0, 0.05) is 21.5 Å². The Kier molecular flexibility index (Phi) is 9.41. The molecular formula is C27H26N4O4S3. The number of thioether (sulfide) groups is 1. The highest BCUT2D eigenvalue weighted by Crippen LogP contribution is 2.33. The van der Waals surface area contributed by atoms with E-state index in [1.165, 1.54) is 23.1 Å². The first-order valence-electron chi connectivity index (χ1n) is 11.4. The van der Waals surface area contributed by atoms with Crippen molar-refractivity contribution in [2.75, 3.05) is 43.0 Å². The molecule has 0 spiro atoms. The van der Waals surface area contributed by atoms with E-state index in [1.54, 1.807) is 21.3 Å². The van der Waals surface area contributed by atoms with Crippen molar-refractivity contribution in [2.45, 2.75) is 4.90 Å². The zero-order valence-corrected chi connectivity index (χ0v) is 23.4. The number of benzene rings is 3. The summed E-state index contributed by atoms with van der Waals surface area (Å²) in [4.78, 5) is 18.0. The summed E-state index contributed by atoms with van der Waals surface area (Å²) in [6.45, 7) is 0. The first-order chi connectivity index (χ1) is 18.5. The zero-order chi connectivity index (χ0) is 26.9. The largest absolute Gasteiger partial charge is 0.495 e. The number of ether oxygens (including phenoxy) is 3. The maximum atomic E-state index is 12.6. The predicted octanol–water partition coefficient (Wildman–Crippen LogP) is 6.38. The van der Waals surface area contributed by atoms with Gasteiger partial charge in [-0.1, -0.05) is 18.2 Å². The van der Waals surface area contributed by atoms with Crippen molar-refractivity contribution in [3.05, 3.63) is 72.1 Å². The summed E-state index contributed by atoms with van der Waals surface area (Å²) >= 11 is 8.23. The normalized spacial score (nSPS) is 10.4. The summed E-state index contributed by atoms with van der Waals surface area (Å²) < 4.78 is 16.0. The Balaban J connectivity index is 1.30. The number of hydrogen-bond acceptors (Lipinski definition) is 8. The fraction of sp³-hybridized carbons (Fsp3) is 0.148. The number of thiocarbonyl (C=S) groups is 1. The van der Waals surface area contributed by atoms with E-state index in [-0.39, 0.29) is 11.7 Å². The minimum absolute atomic E-state index is 0.144. The van der Waals surface area contributed by atoms with Gasteiger partial charge in [-0.25, -0.2) is 4.98 Å². The summed E-state index contributed by atoms with van der Waals surface area (Å²) in [6, 6.07) is 20.8. The van der Waals surface area contributed by atoms with Crippen molar-refractivity contribution in [2.24, 2.45) is 0 Å². The van der Waals surface area contributed by atoms with Gasteiger partial charge < -0.3 is 30.2 Å². The molecule has 0 aliphatic heterocycles. The SMILES string of the molecule is COc1ccccc1NC(=S)Nc1cccc(SCC(=O)Nc2nc(-c3ccc(OC)c(OC)c3)cs2)c1. The third-order valence-electron chi connectivity index (χ3n) is 5.25. The van der Waals surface area contributed by atoms with E-state index in [2.05, 4.69) is 20.9 Å². The van der Waals surface area contributed by atoms with Crippen LogP contribution in [0.2, 0.25) is 0 Å². The molecule has 0 saturated carbocycles. The summed E-state index contributed by atoms with van der Waals surface area (Å²) in [5.41, 5.74) is 3.19. The lowest BCUT2D eigenvalue weighted by atomic mass is 10.1. The van der Waals surface area contributed by atoms with Crippen molar-refractivity contribution in [3.63, 3.8) is 0 Å². The lowest BCUT2D eigenvalue weighted by molar-refractivity contribution is -0.113. The molecule has 3 N–H and O–H groups in total. The average Bonchev–Trinajstić information content (AvgIpc) is 3.40. The quantitative estimate of drug-likeness (QED) is 0.149. The van der Waals surface area contributed by atoms with Gasteiger partial charge in [-0.15, -0.1) is 23.1 Å². The maximum Gasteiger partial charge on any atom is 0.236 e. The molecule has 11 heteroatoms. The summed E-state index contributed by atoms with van der Waals surface area (Å²) in [5.74, 6) is 2.05. The third-order valence-corrected chi connectivity index (χ3v) is 7.20.